The Kier molecular flexibility index (Phi) is 3.95. The van der Waals surface area contributed by atoms with Crippen molar-refractivity contribution in [3.8, 4) is 0 Å². The predicted molar refractivity (Wildman–Crippen MR) is 94.4 cm³/mol. The number of carbonyl (C=O) groups is 1. The lowest BCUT2D eigenvalue weighted by Gasteiger charge is -2.44. The summed E-state index contributed by atoms with van der Waals surface area (Å²) in [7, 11) is 0. The van der Waals surface area contributed by atoms with Crippen LogP contribution in [0.3, 0.4) is 0 Å². The van der Waals surface area contributed by atoms with Crippen molar-refractivity contribution in [3.63, 3.8) is 0 Å². The van der Waals surface area contributed by atoms with E-state index in [-0.39, 0.29) is 5.91 Å². The molecule has 0 saturated carbocycles. The monoisotopic (exact) mass is 370 g/mol. The first-order chi connectivity index (χ1) is 11.2. The largest absolute Gasteiger partial charge is 0.333 e. The molecule has 2 aliphatic heterocycles. The Labute approximate surface area is 145 Å². The summed E-state index contributed by atoms with van der Waals surface area (Å²) in [6.45, 7) is 3.69. The van der Waals surface area contributed by atoms with Crippen molar-refractivity contribution in [1.82, 2.24) is 9.80 Å². The van der Waals surface area contributed by atoms with Crippen LogP contribution in [0.15, 0.2) is 53.0 Å². The van der Waals surface area contributed by atoms with Gasteiger partial charge in [-0.25, -0.2) is 0 Å². The van der Waals surface area contributed by atoms with Gasteiger partial charge in [0.1, 0.15) is 0 Å². The number of halogens is 1. The predicted octanol–water partition coefficient (Wildman–Crippen LogP) is 3.33. The van der Waals surface area contributed by atoms with Crippen LogP contribution in [0.1, 0.15) is 21.5 Å². The molecule has 2 aromatic rings. The average Bonchev–Trinajstić information content (AvgIpc) is 2.55. The molecule has 1 fully saturated rings. The van der Waals surface area contributed by atoms with Crippen molar-refractivity contribution >= 4 is 21.8 Å². The highest BCUT2D eigenvalue weighted by Crippen LogP contribution is 2.28. The Balaban J connectivity index is 1.53. The van der Waals surface area contributed by atoms with Crippen molar-refractivity contribution < 1.29 is 4.79 Å². The minimum absolute atomic E-state index is 0.197. The molecule has 2 aliphatic rings. The zero-order valence-electron chi connectivity index (χ0n) is 12.9. The maximum Gasteiger partial charge on any atom is 0.254 e. The van der Waals surface area contributed by atoms with Gasteiger partial charge in [0.05, 0.1) is 0 Å². The van der Waals surface area contributed by atoms with Gasteiger partial charge >= 0.3 is 0 Å². The van der Waals surface area contributed by atoms with E-state index in [4.69, 9.17) is 0 Å². The van der Waals surface area contributed by atoms with Crippen molar-refractivity contribution in [2.45, 2.75) is 19.0 Å². The third-order valence-electron chi connectivity index (χ3n) is 4.83. The molecule has 0 radical (unpaired) electrons. The second kappa shape index (κ2) is 6.10. The summed E-state index contributed by atoms with van der Waals surface area (Å²) in [4.78, 5) is 17.3. The molecule has 4 heteroatoms. The summed E-state index contributed by atoms with van der Waals surface area (Å²) >= 11 is 3.52. The number of hydrogen-bond donors (Lipinski definition) is 0. The van der Waals surface area contributed by atoms with Crippen molar-refractivity contribution in [2.75, 3.05) is 19.6 Å². The standard InChI is InChI=1S/C19H19BrN2O/c20-16-6-7-18-15(10-16)11-17-13-21(8-9-22(17)19(18)23)12-14-4-2-1-3-5-14/h1-7,10,17H,8-9,11-13H2. The number of carbonyl (C=O) groups excluding carboxylic acids is 1. The highest BCUT2D eigenvalue weighted by atomic mass is 79.9. The van der Waals surface area contributed by atoms with E-state index < -0.39 is 0 Å². The van der Waals surface area contributed by atoms with Gasteiger partial charge in [0.2, 0.25) is 0 Å². The summed E-state index contributed by atoms with van der Waals surface area (Å²) in [5, 5.41) is 0. The summed E-state index contributed by atoms with van der Waals surface area (Å²) < 4.78 is 1.05. The van der Waals surface area contributed by atoms with E-state index in [2.05, 4.69) is 62.1 Å². The van der Waals surface area contributed by atoms with Gasteiger partial charge in [0.25, 0.3) is 5.91 Å². The van der Waals surface area contributed by atoms with E-state index in [0.29, 0.717) is 6.04 Å². The Morgan fingerprint density at radius 3 is 2.74 bits per heavy atom. The number of nitrogens with zero attached hydrogens (tertiary/aromatic N) is 2. The lowest BCUT2D eigenvalue weighted by atomic mass is 9.91. The van der Waals surface area contributed by atoms with E-state index in [1.807, 2.05) is 12.1 Å². The fourth-order valence-corrected chi connectivity index (χ4v) is 4.10. The number of amides is 1. The van der Waals surface area contributed by atoms with E-state index >= 15 is 0 Å². The van der Waals surface area contributed by atoms with Gasteiger partial charge in [-0.1, -0.05) is 46.3 Å². The normalized spacial score (nSPS) is 21.0. The van der Waals surface area contributed by atoms with Gasteiger partial charge in [0, 0.05) is 42.3 Å². The van der Waals surface area contributed by atoms with Crippen LogP contribution >= 0.6 is 15.9 Å². The Bertz CT molecular complexity index is 731. The number of rotatable bonds is 2. The summed E-state index contributed by atoms with van der Waals surface area (Å²) in [5.74, 6) is 0.197. The van der Waals surface area contributed by atoms with Crippen LogP contribution < -0.4 is 0 Å². The molecule has 118 valence electrons. The quantitative estimate of drug-likeness (QED) is 0.809. The van der Waals surface area contributed by atoms with E-state index in [0.717, 1.165) is 42.6 Å². The minimum atomic E-state index is 0.197. The van der Waals surface area contributed by atoms with Gasteiger partial charge in [-0.05, 0) is 35.7 Å². The molecule has 1 atom stereocenters. The number of fused-ring (bicyclic) bond motifs is 2. The third-order valence-corrected chi connectivity index (χ3v) is 5.32. The summed E-state index contributed by atoms with van der Waals surface area (Å²) in [6, 6.07) is 16.9. The molecule has 0 aromatic heterocycles. The zero-order chi connectivity index (χ0) is 15.8. The number of piperazine rings is 1. The van der Waals surface area contributed by atoms with Crippen LogP contribution in [-0.4, -0.2) is 41.4 Å². The lowest BCUT2D eigenvalue weighted by molar-refractivity contribution is 0.0402. The molecule has 1 saturated heterocycles. The first-order valence-corrected chi connectivity index (χ1v) is 8.86. The molecule has 2 heterocycles. The van der Waals surface area contributed by atoms with Crippen LogP contribution in [0, 0.1) is 0 Å². The molecule has 4 rings (SSSR count). The first-order valence-electron chi connectivity index (χ1n) is 8.06. The second-order valence-corrected chi connectivity index (χ2v) is 7.29. The van der Waals surface area contributed by atoms with Crippen molar-refractivity contribution in [1.29, 1.82) is 0 Å². The van der Waals surface area contributed by atoms with Gasteiger partial charge in [0.15, 0.2) is 0 Å². The number of hydrogen-bond acceptors (Lipinski definition) is 2. The van der Waals surface area contributed by atoms with E-state index in [1.165, 1.54) is 11.1 Å². The lowest BCUT2D eigenvalue weighted by Crippen LogP contribution is -2.57. The third kappa shape index (κ3) is 2.93. The van der Waals surface area contributed by atoms with E-state index in [1.54, 1.807) is 0 Å². The van der Waals surface area contributed by atoms with Crippen LogP contribution in [0.2, 0.25) is 0 Å². The number of benzene rings is 2. The topological polar surface area (TPSA) is 23.6 Å². The smallest absolute Gasteiger partial charge is 0.254 e. The molecule has 0 N–H and O–H groups in total. The molecular weight excluding hydrogens is 352 g/mol. The van der Waals surface area contributed by atoms with Crippen molar-refractivity contribution in [3.05, 3.63) is 69.7 Å². The molecule has 0 aliphatic carbocycles. The van der Waals surface area contributed by atoms with Crippen molar-refractivity contribution in [2.24, 2.45) is 0 Å². The molecule has 3 nitrogen and oxygen atoms in total. The van der Waals surface area contributed by atoms with Gasteiger partial charge in [-0.2, -0.15) is 0 Å². The van der Waals surface area contributed by atoms with Gasteiger partial charge in [-0.15, -0.1) is 0 Å². The SMILES string of the molecule is O=C1c2ccc(Br)cc2CC2CN(Cc3ccccc3)CCN12. The highest BCUT2D eigenvalue weighted by molar-refractivity contribution is 9.10. The molecular formula is C19H19BrN2O. The fraction of sp³-hybridized carbons (Fsp3) is 0.316. The molecule has 0 spiro atoms. The van der Waals surface area contributed by atoms with Gasteiger partial charge in [-0.3, -0.25) is 9.69 Å². The van der Waals surface area contributed by atoms with Crippen LogP contribution in [0.4, 0.5) is 0 Å². The second-order valence-electron chi connectivity index (χ2n) is 6.38. The molecule has 1 amide bonds. The molecule has 23 heavy (non-hydrogen) atoms. The minimum Gasteiger partial charge on any atom is -0.333 e. The van der Waals surface area contributed by atoms with Crippen LogP contribution in [0.25, 0.3) is 0 Å². The first kappa shape index (κ1) is 14.9. The maximum absolute atomic E-state index is 12.7. The summed E-state index contributed by atoms with van der Waals surface area (Å²) in [6.07, 6.45) is 0.950. The van der Waals surface area contributed by atoms with Crippen LogP contribution in [-0.2, 0) is 13.0 Å². The average molecular weight is 371 g/mol. The Morgan fingerprint density at radius 2 is 1.91 bits per heavy atom. The summed E-state index contributed by atoms with van der Waals surface area (Å²) in [5.41, 5.74) is 3.39. The van der Waals surface area contributed by atoms with Crippen LogP contribution in [0.5, 0.6) is 0 Å². The Hall–Kier alpha value is -1.65. The zero-order valence-corrected chi connectivity index (χ0v) is 14.5. The molecule has 1 unspecified atom stereocenters. The Morgan fingerprint density at radius 1 is 1.09 bits per heavy atom. The fourth-order valence-electron chi connectivity index (χ4n) is 3.70. The molecule has 2 aromatic carbocycles. The molecule has 0 bridgehead atoms. The highest BCUT2D eigenvalue weighted by Gasteiger charge is 2.36. The maximum atomic E-state index is 12.7. The van der Waals surface area contributed by atoms with Gasteiger partial charge < -0.3 is 4.90 Å². The van der Waals surface area contributed by atoms with E-state index in [9.17, 15) is 4.79 Å².